The van der Waals surface area contributed by atoms with E-state index in [2.05, 4.69) is 0 Å². The molecule has 0 saturated heterocycles. The molecule has 2 aromatic carbocycles. The van der Waals surface area contributed by atoms with Crippen LogP contribution in [0.3, 0.4) is 0 Å². The van der Waals surface area contributed by atoms with Gasteiger partial charge in [-0.3, -0.25) is 9.36 Å². The van der Waals surface area contributed by atoms with Gasteiger partial charge in [0, 0.05) is 6.42 Å². The van der Waals surface area contributed by atoms with Gasteiger partial charge in [-0.05, 0) is 36.2 Å². The molecular formula is C15H15O6P. The fourth-order valence-electron chi connectivity index (χ4n) is 2.15. The number of aromatic hydroxyl groups is 2. The first-order valence-electron chi connectivity index (χ1n) is 6.48. The molecule has 0 aromatic heterocycles. The first kappa shape index (κ1) is 16.2. The number of phenols is 2. The van der Waals surface area contributed by atoms with Crippen LogP contribution in [0.5, 0.6) is 11.5 Å². The average molecular weight is 322 g/mol. The van der Waals surface area contributed by atoms with E-state index in [1.54, 1.807) is 12.1 Å². The molecular weight excluding hydrogens is 307 g/mol. The second kappa shape index (κ2) is 6.32. The molecule has 2 aromatic rings. The van der Waals surface area contributed by atoms with E-state index in [4.69, 9.17) is 0 Å². The van der Waals surface area contributed by atoms with E-state index in [0.29, 0.717) is 5.56 Å². The van der Waals surface area contributed by atoms with Gasteiger partial charge in [-0.1, -0.05) is 18.2 Å². The molecule has 0 heterocycles. The Morgan fingerprint density at radius 3 is 2.36 bits per heavy atom. The fraction of sp³-hybridized carbons (Fsp3) is 0.133. The monoisotopic (exact) mass is 322 g/mol. The molecule has 0 radical (unpaired) electrons. The molecule has 22 heavy (non-hydrogen) atoms. The minimum Gasteiger partial charge on any atom is -0.508 e. The first-order chi connectivity index (χ1) is 10.3. The van der Waals surface area contributed by atoms with Crippen molar-refractivity contribution in [2.24, 2.45) is 0 Å². The quantitative estimate of drug-likeness (QED) is 0.492. The van der Waals surface area contributed by atoms with Gasteiger partial charge in [-0.15, -0.1) is 0 Å². The summed E-state index contributed by atoms with van der Waals surface area (Å²) in [4.78, 5) is 30.8. The summed E-state index contributed by atoms with van der Waals surface area (Å²) in [5.41, 5.74) is 0.359. The zero-order chi connectivity index (χ0) is 16.3. The lowest BCUT2D eigenvalue weighted by Crippen LogP contribution is -2.16. The summed E-state index contributed by atoms with van der Waals surface area (Å²) in [7, 11) is -4.66. The Morgan fingerprint density at radius 1 is 1.05 bits per heavy atom. The third kappa shape index (κ3) is 3.74. The van der Waals surface area contributed by atoms with Gasteiger partial charge in [-0.25, -0.2) is 0 Å². The molecule has 0 saturated carbocycles. The van der Waals surface area contributed by atoms with Crippen molar-refractivity contribution in [2.45, 2.75) is 12.8 Å². The standard InChI is InChI=1S/C15H15O6P/c16-11-4-1-3-10(9-11)7-8-13(18)15-12(17)5-2-6-14(15)22(19,20)21/h1-6,9,16-17H,7-8H2,(H2,19,20,21). The maximum absolute atomic E-state index is 12.2. The van der Waals surface area contributed by atoms with Crippen molar-refractivity contribution in [3.63, 3.8) is 0 Å². The van der Waals surface area contributed by atoms with Gasteiger partial charge in [0.05, 0.1) is 10.9 Å². The largest absolute Gasteiger partial charge is 0.508 e. The highest BCUT2D eigenvalue weighted by Crippen LogP contribution is 2.37. The number of carbonyl (C=O) groups excluding carboxylic acids is 1. The Bertz CT molecular complexity index is 749. The van der Waals surface area contributed by atoms with Crippen LogP contribution in [0.4, 0.5) is 0 Å². The van der Waals surface area contributed by atoms with E-state index in [0.717, 1.165) is 6.07 Å². The van der Waals surface area contributed by atoms with E-state index in [1.807, 2.05) is 0 Å². The lowest BCUT2D eigenvalue weighted by atomic mass is 10.0. The van der Waals surface area contributed by atoms with Crippen molar-refractivity contribution in [3.8, 4) is 11.5 Å². The molecule has 6 nitrogen and oxygen atoms in total. The summed E-state index contributed by atoms with van der Waals surface area (Å²) in [5.74, 6) is -0.954. The molecule has 0 spiro atoms. The molecule has 116 valence electrons. The highest BCUT2D eigenvalue weighted by atomic mass is 31.2. The summed E-state index contributed by atoms with van der Waals surface area (Å²) in [6.45, 7) is 0. The van der Waals surface area contributed by atoms with E-state index in [-0.39, 0.29) is 24.2 Å². The number of carbonyl (C=O) groups is 1. The highest BCUT2D eigenvalue weighted by molar-refractivity contribution is 7.60. The molecule has 2 rings (SSSR count). The van der Waals surface area contributed by atoms with Crippen LogP contribution in [-0.4, -0.2) is 25.8 Å². The van der Waals surface area contributed by atoms with Crippen LogP contribution in [0, 0.1) is 0 Å². The molecule has 0 amide bonds. The van der Waals surface area contributed by atoms with Gasteiger partial charge in [0.15, 0.2) is 5.78 Å². The summed E-state index contributed by atoms with van der Waals surface area (Å²) in [6.07, 6.45) is 0.232. The van der Waals surface area contributed by atoms with Gasteiger partial charge < -0.3 is 20.0 Å². The molecule has 4 N–H and O–H groups in total. The molecule has 0 atom stereocenters. The molecule has 0 fully saturated rings. The van der Waals surface area contributed by atoms with Gasteiger partial charge in [0.2, 0.25) is 0 Å². The number of hydrogen-bond donors (Lipinski definition) is 4. The number of ketones is 1. The lowest BCUT2D eigenvalue weighted by molar-refractivity contribution is 0.0981. The van der Waals surface area contributed by atoms with Crippen LogP contribution < -0.4 is 5.30 Å². The SMILES string of the molecule is O=C(CCc1cccc(O)c1)c1c(O)cccc1P(=O)(O)O. The molecule has 0 aliphatic heterocycles. The van der Waals surface area contributed by atoms with Crippen LogP contribution in [-0.2, 0) is 11.0 Å². The van der Waals surface area contributed by atoms with Crippen molar-refractivity contribution in [2.75, 3.05) is 0 Å². The summed E-state index contributed by atoms with van der Waals surface area (Å²) in [6, 6.07) is 9.97. The molecule has 0 aliphatic rings. The van der Waals surface area contributed by atoms with E-state index in [9.17, 15) is 29.4 Å². The van der Waals surface area contributed by atoms with Crippen LogP contribution in [0.15, 0.2) is 42.5 Å². The van der Waals surface area contributed by atoms with Crippen LogP contribution in [0.25, 0.3) is 0 Å². The Hall–Kier alpha value is -2.14. The maximum atomic E-state index is 12.2. The van der Waals surface area contributed by atoms with Crippen LogP contribution in [0.2, 0.25) is 0 Å². The normalized spacial score (nSPS) is 11.4. The van der Waals surface area contributed by atoms with Crippen molar-refractivity contribution in [1.29, 1.82) is 0 Å². The van der Waals surface area contributed by atoms with Gasteiger partial charge in [0.1, 0.15) is 11.5 Å². The van der Waals surface area contributed by atoms with Gasteiger partial charge in [0.25, 0.3) is 0 Å². The predicted octanol–water partition coefficient (Wildman–Crippen LogP) is 1.72. The lowest BCUT2D eigenvalue weighted by Gasteiger charge is -2.11. The summed E-state index contributed by atoms with van der Waals surface area (Å²) >= 11 is 0. The molecule has 0 unspecified atom stereocenters. The molecule has 0 aliphatic carbocycles. The zero-order valence-corrected chi connectivity index (χ0v) is 12.4. The highest BCUT2D eigenvalue weighted by Gasteiger charge is 2.27. The van der Waals surface area contributed by atoms with E-state index in [1.165, 1.54) is 24.3 Å². The number of aryl methyl sites for hydroxylation is 1. The first-order valence-corrected chi connectivity index (χ1v) is 8.09. The second-order valence-electron chi connectivity index (χ2n) is 4.81. The van der Waals surface area contributed by atoms with Gasteiger partial charge >= 0.3 is 7.60 Å². The summed E-state index contributed by atoms with van der Waals surface area (Å²) in [5, 5.41) is 18.6. The molecule has 7 heteroatoms. The number of phenolic OH excluding ortho intramolecular Hbond substituents is 2. The topological polar surface area (TPSA) is 115 Å². The number of hydrogen-bond acceptors (Lipinski definition) is 4. The van der Waals surface area contributed by atoms with Crippen molar-refractivity contribution < 1.29 is 29.4 Å². The van der Waals surface area contributed by atoms with E-state index >= 15 is 0 Å². The second-order valence-corrected chi connectivity index (χ2v) is 6.38. The number of Topliss-reactive ketones (excluding diaryl/α,β-unsaturated/α-hetero) is 1. The third-order valence-electron chi connectivity index (χ3n) is 3.16. The number of rotatable bonds is 5. The molecule has 0 bridgehead atoms. The minimum absolute atomic E-state index is 0.0476. The van der Waals surface area contributed by atoms with Crippen LogP contribution in [0.1, 0.15) is 22.3 Å². The van der Waals surface area contributed by atoms with E-state index < -0.39 is 24.4 Å². The Balaban J connectivity index is 2.25. The van der Waals surface area contributed by atoms with Crippen molar-refractivity contribution in [3.05, 3.63) is 53.6 Å². The Labute approximate surface area is 126 Å². The van der Waals surface area contributed by atoms with Gasteiger partial charge in [-0.2, -0.15) is 0 Å². The minimum atomic E-state index is -4.66. The Morgan fingerprint density at radius 2 is 1.73 bits per heavy atom. The maximum Gasteiger partial charge on any atom is 0.357 e. The smallest absolute Gasteiger partial charge is 0.357 e. The van der Waals surface area contributed by atoms with Crippen molar-refractivity contribution in [1.82, 2.24) is 0 Å². The predicted molar refractivity (Wildman–Crippen MR) is 80.5 cm³/mol. The summed E-state index contributed by atoms with van der Waals surface area (Å²) < 4.78 is 11.4. The zero-order valence-electron chi connectivity index (χ0n) is 11.5. The number of benzene rings is 2. The Kier molecular flexibility index (Phi) is 4.66. The fourth-order valence-corrected chi connectivity index (χ4v) is 2.96. The third-order valence-corrected chi connectivity index (χ3v) is 4.16. The average Bonchev–Trinajstić information content (AvgIpc) is 2.43. The van der Waals surface area contributed by atoms with Crippen molar-refractivity contribution >= 4 is 18.7 Å². The van der Waals surface area contributed by atoms with Crippen LogP contribution >= 0.6 is 7.60 Å².